The van der Waals surface area contributed by atoms with Crippen LogP contribution in [-0.2, 0) is 6.54 Å². The van der Waals surface area contributed by atoms with Gasteiger partial charge < -0.3 is 14.8 Å². The van der Waals surface area contributed by atoms with Crippen LogP contribution < -0.4 is 10.9 Å². The number of amides is 1. The van der Waals surface area contributed by atoms with Crippen molar-refractivity contribution in [1.29, 1.82) is 0 Å². The van der Waals surface area contributed by atoms with E-state index in [1.165, 1.54) is 22.7 Å². The molecule has 0 saturated heterocycles. The monoisotopic (exact) mass is 461 g/mol. The standard InChI is InChI=1S/C25H23N3O2S2/c1-27(2)13-8-14-28-19-12-7-6-11-17(19)21-18-15-20(31-25(18)32-22(21)24(28)30)23(29)26-16-9-4-3-5-10-16/h3-7,9-12,15H,8,13-14H2,1-2H3,(H,26,29). The minimum Gasteiger partial charge on any atom is -0.321 e. The zero-order chi connectivity index (χ0) is 22.2. The Hall–Kier alpha value is -3.00. The van der Waals surface area contributed by atoms with Crippen molar-refractivity contribution in [2.24, 2.45) is 0 Å². The summed E-state index contributed by atoms with van der Waals surface area (Å²) in [5.74, 6) is -0.126. The number of carbonyl (C=O) groups excluding carboxylic acids is 1. The second-order valence-electron chi connectivity index (χ2n) is 8.07. The highest BCUT2D eigenvalue weighted by Crippen LogP contribution is 2.41. The van der Waals surface area contributed by atoms with Gasteiger partial charge in [-0.05, 0) is 51.3 Å². The van der Waals surface area contributed by atoms with Gasteiger partial charge in [0.2, 0.25) is 0 Å². The SMILES string of the molecule is CN(C)CCCn1c(=O)c2sc3sc(C(=O)Nc4ccccc4)cc3c2c2ccccc21. The zero-order valence-corrected chi connectivity index (χ0v) is 19.6. The third-order valence-corrected chi connectivity index (χ3v) is 7.95. The second kappa shape index (κ2) is 8.50. The summed E-state index contributed by atoms with van der Waals surface area (Å²) >= 11 is 2.94. The molecule has 5 rings (SSSR count). The van der Waals surface area contributed by atoms with Crippen molar-refractivity contribution in [2.45, 2.75) is 13.0 Å². The Labute approximate surface area is 193 Å². The van der Waals surface area contributed by atoms with Crippen LogP contribution in [0.1, 0.15) is 16.1 Å². The van der Waals surface area contributed by atoms with Gasteiger partial charge in [0.25, 0.3) is 11.5 Å². The number of thiophene rings is 2. The number of fused-ring (bicyclic) bond motifs is 5. The molecule has 0 unspecified atom stereocenters. The number of aryl methyl sites for hydroxylation is 1. The van der Waals surface area contributed by atoms with Crippen molar-refractivity contribution >= 4 is 64.7 Å². The lowest BCUT2D eigenvalue weighted by Gasteiger charge is -2.13. The van der Waals surface area contributed by atoms with Crippen LogP contribution in [0.5, 0.6) is 0 Å². The molecular weight excluding hydrogens is 438 g/mol. The molecule has 1 N–H and O–H groups in total. The number of pyridine rings is 1. The van der Waals surface area contributed by atoms with Crippen molar-refractivity contribution in [3.8, 4) is 0 Å². The lowest BCUT2D eigenvalue weighted by molar-refractivity contribution is 0.103. The number of benzene rings is 2. The van der Waals surface area contributed by atoms with E-state index in [9.17, 15) is 9.59 Å². The molecule has 0 bridgehead atoms. The fraction of sp³-hybridized carbons (Fsp3) is 0.200. The molecule has 1 amide bonds. The Morgan fingerprint density at radius 1 is 1.00 bits per heavy atom. The van der Waals surface area contributed by atoms with E-state index in [2.05, 4.69) is 16.3 Å². The molecule has 0 saturated carbocycles. The average Bonchev–Trinajstić information content (AvgIpc) is 3.35. The summed E-state index contributed by atoms with van der Waals surface area (Å²) < 4.78 is 3.68. The van der Waals surface area contributed by atoms with Crippen molar-refractivity contribution in [3.05, 3.63) is 75.9 Å². The molecule has 2 aromatic carbocycles. The number of aromatic nitrogens is 1. The van der Waals surface area contributed by atoms with Crippen LogP contribution in [-0.4, -0.2) is 36.0 Å². The van der Waals surface area contributed by atoms with Crippen molar-refractivity contribution in [1.82, 2.24) is 9.47 Å². The lowest BCUT2D eigenvalue weighted by Crippen LogP contribution is -2.23. The average molecular weight is 462 g/mol. The van der Waals surface area contributed by atoms with E-state index >= 15 is 0 Å². The predicted molar refractivity (Wildman–Crippen MR) is 137 cm³/mol. The molecule has 0 radical (unpaired) electrons. The maximum Gasteiger partial charge on any atom is 0.269 e. The summed E-state index contributed by atoms with van der Waals surface area (Å²) in [6.07, 6.45) is 0.909. The first-order valence-electron chi connectivity index (χ1n) is 10.5. The summed E-state index contributed by atoms with van der Waals surface area (Å²) in [4.78, 5) is 29.0. The Bertz CT molecular complexity index is 1500. The third kappa shape index (κ3) is 3.72. The van der Waals surface area contributed by atoms with E-state index in [0.29, 0.717) is 11.4 Å². The van der Waals surface area contributed by atoms with Crippen LogP contribution in [0.15, 0.2) is 65.5 Å². The van der Waals surface area contributed by atoms with Crippen LogP contribution in [0.2, 0.25) is 0 Å². The highest BCUT2D eigenvalue weighted by molar-refractivity contribution is 7.42. The van der Waals surface area contributed by atoms with Gasteiger partial charge in [-0.2, -0.15) is 0 Å². The first kappa shape index (κ1) is 20.9. The molecule has 0 atom stereocenters. The molecule has 0 spiro atoms. The molecule has 162 valence electrons. The molecule has 0 aliphatic rings. The molecule has 3 heterocycles. The normalized spacial score (nSPS) is 11.7. The minimum atomic E-state index is -0.126. The quantitative estimate of drug-likeness (QED) is 0.356. The molecule has 7 heteroatoms. The zero-order valence-electron chi connectivity index (χ0n) is 17.9. The number of nitrogens with one attached hydrogen (secondary N) is 1. The molecule has 0 fully saturated rings. The number of anilines is 1. The molecule has 5 nitrogen and oxygen atoms in total. The van der Waals surface area contributed by atoms with Gasteiger partial charge in [0.1, 0.15) is 4.70 Å². The van der Waals surface area contributed by atoms with Crippen molar-refractivity contribution in [2.75, 3.05) is 26.0 Å². The van der Waals surface area contributed by atoms with Gasteiger partial charge in [-0.15, -0.1) is 22.7 Å². The van der Waals surface area contributed by atoms with Gasteiger partial charge in [-0.25, -0.2) is 0 Å². The number of para-hydroxylation sites is 2. The van der Waals surface area contributed by atoms with Crippen LogP contribution in [0.3, 0.4) is 0 Å². The maximum atomic E-state index is 13.4. The number of hydrogen-bond acceptors (Lipinski definition) is 5. The Morgan fingerprint density at radius 3 is 2.53 bits per heavy atom. The van der Waals surface area contributed by atoms with E-state index in [1.54, 1.807) is 0 Å². The van der Waals surface area contributed by atoms with Crippen LogP contribution in [0, 0.1) is 0 Å². The molecule has 5 aromatic rings. The Balaban J connectivity index is 1.61. The summed E-state index contributed by atoms with van der Waals surface area (Å²) in [6.45, 7) is 1.61. The topological polar surface area (TPSA) is 54.3 Å². The van der Waals surface area contributed by atoms with Gasteiger partial charge in [0.15, 0.2) is 0 Å². The van der Waals surface area contributed by atoms with E-state index in [1.807, 2.05) is 73.3 Å². The smallest absolute Gasteiger partial charge is 0.269 e. The van der Waals surface area contributed by atoms with E-state index in [0.717, 1.165) is 49.0 Å². The Morgan fingerprint density at radius 2 is 1.75 bits per heavy atom. The number of carbonyl (C=O) groups is 1. The van der Waals surface area contributed by atoms with Crippen LogP contribution in [0.25, 0.3) is 30.4 Å². The first-order valence-corrected chi connectivity index (χ1v) is 12.1. The maximum absolute atomic E-state index is 13.4. The van der Waals surface area contributed by atoms with Crippen LogP contribution >= 0.6 is 22.7 Å². The predicted octanol–water partition coefficient (Wildman–Crippen LogP) is 5.63. The minimum absolute atomic E-state index is 0.0566. The number of rotatable bonds is 6. The molecule has 3 aromatic heterocycles. The van der Waals surface area contributed by atoms with Gasteiger partial charge in [-0.3, -0.25) is 9.59 Å². The van der Waals surface area contributed by atoms with Gasteiger partial charge in [0.05, 0.1) is 14.4 Å². The van der Waals surface area contributed by atoms with Crippen LogP contribution in [0.4, 0.5) is 5.69 Å². The summed E-state index contributed by atoms with van der Waals surface area (Å²) in [5.41, 5.74) is 1.77. The second-order valence-corrected chi connectivity index (χ2v) is 10.4. The van der Waals surface area contributed by atoms with Gasteiger partial charge >= 0.3 is 0 Å². The largest absolute Gasteiger partial charge is 0.321 e. The van der Waals surface area contributed by atoms with E-state index < -0.39 is 0 Å². The number of hydrogen-bond donors (Lipinski definition) is 1. The summed E-state index contributed by atoms with van der Waals surface area (Å²) in [7, 11) is 4.09. The highest BCUT2D eigenvalue weighted by atomic mass is 32.2. The molecule has 0 aliphatic carbocycles. The fourth-order valence-electron chi connectivity index (χ4n) is 4.05. The van der Waals surface area contributed by atoms with Crippen molar-refractivity contribution < 1.29 is 4.79 Å². The molecule has 0 aliphatic heterocycles. The first-order chi connectivity index (χ1) is 15.5. The lowest BCUT2D eigenvalue weighted by atomic mass is 10.1. The van der Waals surface area contributed by atoms with Gasteiger partial charge in [-0.1, -0.05) is 36.4 Å². The summed E-state index contributed by atoms with van der Waals surface area (Å²) in [5, 5.41) is 5.96. The van der Waals surface area contributed by atoms with Crippen molar-refractivity contribution in [3.63, 3.8) is 0 Å². The van der Waals surface area contributed by atoms with Gasteiger partial charge in [0, 0.05) is 28.4 Å². The fourth-order valence-corrected chi connectivity index (χ4v) is 6.51. The third-order valence-electron chi connectivity index (χ3n) is 5.54. The molecule has 32 heavy (non-hydrogen) atoms. The summed E-state index contributed by atoms with van der Waals surface area (Å²) in [6, 6.07) is 19.5. The van der Waals surface area contributed by atoms with E-state index in [-0.39, 0.29) is 11.5 Å². The van der Waals surface area contributed by atoms with E-state index in [4.69, 9.17) is 0 Å². The number of nitrogens with zero attached hydrogens (tertiary/aromatic N) is 2. The highest BCUT2D eigenvalue weighted by Gasteiger charge is 2.20. The molecular formula is C25H23N3O2S2. The Kier molecular flexibility index (Phi) is 5.55.